The maximum Gasteiger partial charge on any atom is 0.416 e. The molecule has 1 N–H and O–H groups in total. The van der Waals surface area contributed by atoms with Crippen LogP contribution in [-0.4, -0.2) is 50.1 Å². The molecule has 1 saturated heterocycles. The Morgan fingerprint density at radius 1 is 1.10 bits per heavy atom. The zero-order valence-electron chi connectivity index (χ0n) is 17.1. The average molecular weight is 421 g/mol. The Labute approximate surface area is 174 Å². The lowest BCUT2D eigenvalue weighted by Crippen LogP contribution is -2.53. The maximum atomic E-state index is 12.8. The highest BCUT2D eigenvalue weighted by molar-refractivity contribution is 5.81. The SMILES string of the molecule is COc1ccc(N2CCN(C(C)C(=O)NCc3cccc(C(F)(F)F)c3)CC2)cc1. The number of nitrogens with zero attached hydrogens (tertiary/aromatic N) is 2. The van der Waals surface area contributed by atoms with Crippen molar-refractivity contribution in [3.63, 3.8) is 0 Å². The van der Waals surface area contributed by atoms with Gasteiger partial charge in [-0.3, -0.25) is 9.69 Å². The summed E-state index contributed by atoms with van der Waals surface area (Å²) in [5, 5.41) is 2.75. The van der Waals surface area contributed by atoms with E-state index in [9.17, 15) is 18.0 Å². The van der Waals surface area contributed by atoms with E-state index in [0.29, 0.717) is 5.56 Å². The second kappa shape index (κ2) is 9.38. The minimum Gasteiger partial charge on any atom is -0.497 e. The first kappa shape index (κ1) is 22.0. The predicted molar refractivity (Wildman–Crippen MR) is 110 cm³/mol. The van der Waals surface area contributed by atoms with Crippen LogP contribution < -0.4 is 15.0 Å². The van der Waals surface area contributed by atoms with Crippen molar-refractivity contribution in [2.75, 3.05) is 38.2 Å². The largest absolute Gasteiger partial charge is 0.497 e. The summed E-state index contributed by atoms with van der Waals surface area (Å²) in [4.78, 5) is 16.9. The van der Waals surface area contributed by atoms with E-state index < -0.39 is 11.7 Å². The van der Waals surface area contributed by atoms with Crippen LogP contribution in [0.1, 0.15) is 18.1 Å². The number of methoxy groups -OCH3 is 1. The van der Waals surface area contributed by atoms with Crippen molar-refractivity contribution in [2.45, 2.75) is 25.7 Å². The molecule has 1 atom stereocenters. The first-order valence-corrected chi connectivity index (χ1v) is 9.85. The molecule has 30 heavy (non-hydrogen) atoms. The van der Waals surface area contributed by atoms with Gasteiger partial charge in [0.2, 0.25) is 5.91 Å². The third-order valence-corrected chi connectivity index (χ3v) is 5.40. The fourth-order valence-corrected chi connectivity index (χ4v) is 3.52. The lowest BCUT2D eigenvalue weighted by Gasteiger charge is -2.38. The Balaban J connectivity index is 1.50. The molecule has 2 aromatic rings. The van der Waals surface area contributed by atoms with Crippen LogP contribution >= 0.6 is 0 Å². The van der Waals surface area contributed by atoms with E-state index in [1.807, 2.05) is 31.2 Å². The van der Waals surface area contributed by atoms with Gasteiger partial charge in [-0.15, -0.1) is 0 Å². The summed E-state index contributed by atoms with van der Waals surface area (Å²) in [6, 6.07) is 12.5. The Morgan fingerprint density at radius 2 is 1.77 bits per heavy atom. The van der Waals surface area contributed by atoms with Crippen LogP contribution in [0.3, 0.4) is 0 Å². The van der Waals surface area contributed by atoms with Crippen molar-refractivity contribution in [3.05, 3.63) is 59.7 Å². The van der Waals surface area contributed by atoms with Crippen LogP contribution in [0.4, 0.5) is 18.9 Å². The van der Waals surface area contributed by atoms with Gasteiger partial charge in [-0.25, -0.2) is 0 Å². The van der Waals surface area contributed by atoms with Crippen molar-refractivity contribution in [3.8, 4) is 5.75 Å². The molecule has 1 unspecified atom stereocenters. The van der Waals surface area contributed by atoms with Crippen LogP contribution in [0.25, 0.3) is 0 Å². The molecule has 3 rings (SSSR count). The van der Waals surface area contributed by atoms with Gasteiger partial charge in [0.1, 0.15) is 5.75 Å². The van der Waals surface area contributed by atoms with E-state index in [1.54, 1.807) is 13.2 Å². The second-order valence-corrected chi connectivity index (χ2v) is 7.31. The Morgan fingerprint density at radius 3 is 2.37 bits per heavy atom. The molecule has 1 aliphatic rings. The van der Waals surface area contributed by atoms with Crippen molar-refractivity contribution < 1.29 is 22.7 Å². The molecule has 1 aliphatic heterocycles. The Hall–Kier alpha value is -2.74. The lowest BCUT2D eigenvalue weighted by atomic mass is 10.1. The van der Waals surface area contributed by atoms with Crippen LogP contribution in [0.2, 0.25) is 0 Å². The highest BCUT2D eigenvalue weighted by atomic mass is 19.4. The van der Waals surface area contributed by atoms with Gasteiger partial charge in [-0.1, -0.05) is 12.1 Å². The summed E-state index contributed by atoms with van der Waals surface area (Å²) in [6.45, 7) is 4.92. The third kappa shape index (κ3) is 5.44. The van der Waals surface area contributed by atoms with Gasteiger partial charge in [-0.2, -0.15) is 13.2 Å². The number of hydrogen-bond donors (Lipinski definition) is 1. The van der Waals surface area contributed by atoms with Gasteiger partial charge >= 0.3 is 6.18 Å². The molecular weight excluding hydrogens is 395 g/mol. The lowest BCUT2D eigenvalue weighted by molar-refractivity contribution is -0.137. The topological polar surface area (TPSA) is 44.8 Å². The molecule has 162 valence electrons. The molecule has 0 saturated carbocycles. The zero-order chi connectivity index (χ0) is 21.7. The maximum absolute atomic E-state index is 12.8. The van der Waals surface area contributed by atoms with E-state index in [1.165, 1.54) is 6.07 Å². The number of carbonyl (C=O) groups is 1. The number of rotatable bonds is 6. The molecule has 0 spiro atoms. The van der Waals surface area contributed by atoms with E-state index in [2.05, 4.69) is 15.1 Å². The molecule has 8 heteroatoms. The van der Waals surface area contributed by atoms with Crippen LogP contribution in [-0.2, 0) is 17.5 Å². The van der Waals surface area contributed by atoms with Crippen LogP contribution in [0, 0.1) is 0 Å². The standard InChI is InChI=1S/C22H26F3N3O2/c1-16(21(29)26-15-17-4-3-5-18(14-17)22(23,24)25)27-10-12-28(13-11-27)19-6-8-20(30-2)9-7-19/h3-9,14,16H,10-13,15H2,1-2H3,(H,26,29). The summed E-state index contributed by atoms with van der Waals surface area (Å²) in [6.07, 6.45) is -4.39. The van der Waals surface area contributed by atoms with Crippen molar-refractivity contribution in [1.82, 2.24) is 10.2 Å². The van der Waals surface area contributed by atoms with Crippen molar-refractivity contribution >= 4 is 11.6 Å². The molecule has 0 radical (unpaired) electrons. The number of amides is 1. The summed E-state index contributed by atoms with van der Waals surface area (Å²) in [5.41, 5.74) is 0.823. The summed E-state index contributed by atoms with van der Waals surface area (Å²) in [7, 11) is 1.63. The molecule has 2 aromatic carbocycles. The number of carbonyl (C=O) groups excluding carboxylic acids is 1. The molecule has 0 bridgehead atoms. The van der Waals surface area contributed by atoms with Crippen molar-refractivity contribution in [2.24, 2.45) is 0 Å². The number of nitrogens with one attached hydrogen (secondary N) is 1. The van der Waals surface area contributed by atoms with Gasteiger partial charge in [-0.05, 0) is 48.9 Å². The zero-order valence-corrected chi connectivity index (χ0v) is 17.1. The third-order valence-electron chi connectivity index (χ3n) is 5.40. The molecule has 5 nitrogen and oxygen atoms in total. The molecule has 1 heterocycles. The fourth-order valence-electron chi connectivity index (χ4n) is 3.52. The number of piperazine rings is 1. The van der Waals surface area contributed by atoms with E-state index in [0.717, 1.165) is 49.7 Å². The number of hydrogen-bond acceptors (Lipinski definition) is 4. The van der Waals surface area contributed by atoms with Gasteiger partial charge < -0.3 is 15.0 Å². The van der Waals surface area contributed by atoms with E-state index in [-0.39, 0.29) is 18.5 Å². The number of halogens is 3. The number of anilines is 1. The first-order valence-electron chi connectivity index (χ1n) is 9.85. The van der Waals surface area contributed by atoms with Gasteiger partial charge in [0.05, 0.1) is 18.7 Å². The number of benzene rings is 2. The predicted octanol–water partition coefficient (Wildman–Crippen LogP) is 3.54. The van der Waals surface area contributed by atoms with Gasteiger partial charge in [0.25, 0.3) is 0 Å². The quantitative estimate of drug-likeness (QED) is 0.775. The highest BCUT2D eigenvalue weighted by Gasteiger charge is 2.30. The molecule has 1 amide bonds. The average Bonchev–Trinajstić information content (AvgIpc) is 2.77. The van der Waals surface area contributed by atoms with E-state index in [4.69, 9.17) is 4.74 Å². The number of ether oxygens (including phenoxy) is 1. The normalized spacial score (nSPS) is 16.2. The molecule has 0 aromatic heterocycles. The van der Waals surface area contributed by atoms with E-state index >= 15 is 0 Å². The summed E-state index contributed by atoms with van der Waals surface area (Å²) >= 11 is 0. The Kier molecular flexibility index (Phi) is 6.87. The highest BCUT2D eigenvalue weighted by Crippen LogP contribution is 2.29. The smallest absolute Gasteiger partial charge is 0.416 e. The van der Waals surface area contributed by atoms with Crippen LogP contribution in [0.5, 0.6) is 5.75 Å². The first-order chi connectivity index (χ1) is 14.3. The summed E-state index contributed by atoms with van der Waals surface area (Å²) in [5.74, 6) is 0.619. The molecular formula is C22H26F3N3O2. The fraction of sp³-hybridized carbons (Fsp3) is 0.409. The van der Waals surface area contributed by atoms with Crippen molar-refractivity contribution in [1.29, 1.82) is 0 Å². The number of alkyl halides is 3. The van der Waals surface area contributed by atoms with Gasteiger partial charge in [0.15, 0.2) is 0 Å². The molecule has 1 fully saturated rings. The van der Waals surface area contributed by atoms with Gasteiger partial charge in [0, 0.05) is 38.4 Å². The molecule has 0 aliphatic carbocycles. The summed E-state index contributed by atoms with van der Waals surface area (Å²) < 4.78 is 43.7. The minimum absolute atomic E-state index is 0.0684. The second-order valence-electron chi connectivity index (χ2n) is 7.31. The van der Waals surface area contributed by atoms with Crippen LogP contribution in [0.15, 0.2) is 48.5 Å². The minimum atomic E-state index is -4.39. The Bertz CT molecular complexity index is 847. The monoisotopic (exact) mass is 421 g/mol.